The van der Waals surface area contributed by atoms with Crippen LogP contribution in [-0.2, 0) is 27.9 Å². The fourth-order valence-corrected chi connectivity index (χ4v) is 4.70. The molecule has 3 fully saturated rings. The molecule has 0 bridgehead atoms. The summed E-state index contributed by atoms with van der Waals surface area (Å²) in [6.07, 6.45) is 3.97. The zero-order valence-electron chi connectivity index (χ0n) is 19.2. The van der Waals surface area contributed by atoms with Gasteiger partial charge in [0.1, 0.15) is 0 Å². The van der Waals surface area contributed by atoms with E-state index < -0.39 is 12.1 Å². The van der Waals surface area contributed by atoms with Crippen LogP contribution in [-0.4, -0.2) is 82.1 Å². The summed E-state index contributed by atoms with van der Waals surface area (Å²) >= 11 is 0. The smallest absolute Gasteiger partial charge is 0.475 e. The van der Waals surface area contributed by atoms with Crippen LogP contribution in [0.1, 0.15) is 38.2 Å². The molecule has 1 spiro atoms. The number of hydrogen-bond acceptors (Lipinski definition) is 5. The predicted molar refractivity (Wildman–Crippen MR) is 113 cm³/mol. The van der Waals surface area contributed by atoms with Crippen LogP contribution in [0.2, 0.25) is 0 Å². The van der Waals surface area contributed by atoms with E-state index in [0.717, 1.165) is 64.7 Å². The number of nitrogens with zero attached hydrogens (tertiary/aromatic N) is 4. The summed E-state index contributed by atoms with van der Waals surface area (Å²) in [6.45, 7) is 8.41. The summed E-state index contributed by atoms with van der Waals surface area (Å²) in [5.41, 5.74) is 1.53. The van der Waals surface area contributed by atoms with Gasteiger partial charge < -0.3 is 14.7 Å². The average Bonchev–Trinajstić information content (AvgIpc) is 3.37. The second kappa shape index (κ2) is 10.4. The Hall–Kier alpha value is -2.14. The Balaban J connectivity index is 0.000000383. The van der Waals surface area contributed by atoms with Crippen molar-refractivity contribution in [3.8, 4) is 0 Å². The maximum Gasteiger partial charge on any atom is 0.490 e. The number of aromatic nitrogens is 2. The molecule has 1 saturated carbocycles. The van der Waals surface area contributed by atoms with Gasteiger partial charge in [-0.2, -0.15) is 18.3 Å². The first-order valence-electron chi connectivity index (χ1n) is 11.3. The van der Waals surface area contributed by atoms with E-state index in [1.54, 1.807) is 6.92 Å². The maximum absolute atomic E-state index is 12.0. The summed E-state index contributed by atoms with van der Waals surface area (Å²) in [5, 5.41) is 11.4. The first kappa shape index (κ1) is 25.5. The lowest BCUT2D eigenvalue weighted by Crippen LogP contribution is -2.45. The van der Waals surface area contributed by atoms with E-state index in [9.17, 15) is 18.0 Å². The number of rotatable bonds is 6. The van der Waals surface area contributed by atoms with Gasteiger partial charge in [0.15, 0.2) is 0 Å². The van der Waals surface area contributed by atoms with E-state index in [0.29, 0.717) is 5.92 Å². The van der Waals surface area contributed by atoms with Crippen molar-refractivity contribution in [2.75, 3.05) is 39.4 Å². The van der Waals surface area contributed by atoms with Gasteiger partial charge in [-0.1, -0.05) is 0 Å². The van der Waals surface area contributed by atoms with Crippen molar-refractivity contribution in [2.45, 2.75) is 45.3 Å². The molecule has 4 rings (SSSR count). The number of carbonyl (C=O) groups is 2. The molecule has 186 valence electrons. The number of hydrogen-bond donors (Lipinski definition) is 1. The van der Waals surface area contributed by atoms with Crippen molar-refractivity contribution < 1.29 is 32.6 Å². The largest absolute Gasteiger partial charge is 0.490 e. The monoisotopic (exact) mass is 474 g/mol. The van der Waals surface area contributed by atoms with Crippen molar-refractivity contribution in [3.63, 3.8) is 0 Å². The highest BCUT2D eigenvalue weighted by molar-refractivity contribution is 5.73. The minimum absolute atomic E-state index is 0.215. The molecular formula is C22H33F3N4O4. The van der Waals surface area contributed by atoms with E-state index in [4.69, 9.17) is 14.6 Å². The van der Waals surface area contributed by atoms with Crippen LogP contribution in [0.25, 0.3) is 0 Å². The molecule has 1 unspecified atom stereocenters. The minimum atomic E-state index is -5.08. The van der Waals surface area contributed by atoms with Crippen molar-refractivity contribution in [1.29, 1.82) is 0 Å². The second-order valence-electron chi connectivity index (χ2n) is 9.54. The van der Waals surface area contributed by atoms with Gasteiger partial charge in [-0.05, 0) is 50.1 Å². The molecule has 3 aliphatic rings. The number of carboxylic acids is 1. The maximum atomic E-state index is 12.0. The first-order chi connectivity index (χ1) is 15.5. The SMILES string of the molecule is CC(=O)N1CC(COCC2CC2)C2(CCN(Cc3cnn(C)c3)CC2)C1.O=C(O)C(F)(F)F. The van der Waals surface area contributed by atoms with Crippen LogP contribution in [0.15, 0.2) is 12.4 Å². The Morgan fingerprint density at radius 3 is 2.36 bits per heavy atom. The number of ether oxygens (including phenoxy) is 1. The van der Waals surface area contributed by atoms with Gasteiger partial charge in [0.25, 0.3) is 0 Å². The van der Waals surface area contributed by atoms with Crippen molar-refractivity contribution in [2.24, 2.45) is 24.3 Å². The highest BCUT2D eigenvalue weighted by atomic mass is 19.4. The highest BCUT2D eigenvalue weighted by Crippen LogP contribution is 2.45. The Kier molecular flexibility index (Phi) is 8.04. The number of carbonyl (C=O) groups excluding carboxylic acids is 1. The summed E-state index contributed by atoms with van der Waals surface area (Å²) in [7, 11) is 1.97. The van der Waals surface area contributed by atoms with E-state index in [1.807, 2.05) is 17.9 Å². The third kappa shape index (κ3) is 7.17. The van der Waals surface area contributed by atoms with Gasteiger partial charge in [-0.15, -0.1) is 0 Å². The zero-order valence-corrected chi connectivity index (χ0v) is 19.2. The molecule has 2 saturated heterocycles. The molecule has 11 heteroatoms. The Morgan fingerprint density at radius 1 is 1.24 bits per heavy atom. The molecule has 1 aliphatic carbocycles. The van der Waals surface area contributed by atoms with Crippen LogP contribution in [0, 0.1) is 17.3 Å². The predicted octanol–water partition coefficient (Wildman–Crippen LogP) is 2.54. The molecular weight excluding hydrogens is 441 g/mol. The number of aryl methyl sites for hydroxylation is 1. The molecule has 33 heavy (non-hydrogen) atoms. The summed E-state index contributed by atoms with van der Waals surface area (Å²) < 4.78 is 39.7. The van der Waals surface area contributed by atoms with Gasteiger partial charge in [0.05, 0.1) is 12.8 Å². The van der Waals surface area contributed by atoms with Crippen LogP contribution in [0.4, 0.5) is 13.2 Å². The first-order valence-corrected chi connectivity index (χ1v) is 11.3. The van der Waals surface area contributed by atoms with Gasteiger partial charge in [0, 0.05) is 57.9 Å². The zero-order chi connectivity index (χ0) is 24.2. The molecule has 0 radical (unpaired) electrons. The minimum Gasteiger partial charge on any atom is -0.475 e. The fraction of sp³-hybridized carbons (Fsp3) is 0.773. The quantitative estimate of drug-likeness (QED) is 0.682. The summed E-state index contributed by atoms with van der Waals surface area (Å²) in [4.78, 5) is 25.5. The number of likely N-dealkylation sites (tertiary alicyclic amines) is 2. The lowest BCUT2D eigenvalue weighted by Gasteiger charge is -2.42. The average molecular weight is 475 g/mol. The Morgan fingerprint density at radius 2 is 1.88 bits per heavy atom. The molecule has 3 heterocycles. The standard InChI is InChI=1S/C20H32N4O2.C2HF3O2/c1-16(25)24-12-19(14-26-13-17-3-4-17)20(15-24)5-7-23(8-6-20)11-18-9-21-22(2)10-18;3-2(4,5)1(6)7/h9-10,17,19H,3-8,11-15H2,1-2H3;(H,6,7). The Bertz CT molecular complexity index is 817. The number of carboxylic acid groups (broad SMARTS) is 1. The van der Waals surface area contributed by atoms with Crippen LogP contribution in [0.5, 0.6) is 0 Å². The Labute approximate surface area is 191 Å². The third-order valence-electron chi connectivity index (χ3n) is 6.89. The van der Waals surface area contributed by atoms with Crippen molar-refractivity contribution in [1.82, 2.24) is 19.6 Å². The topological polar surface area (TPSA) is 87.9 Å². The van der Waals surface area contributed by atoms with Gasteiger partial charge in [0.2, 0.25) is 5.91 Å². The fourth-order valence-electron chi connectivity index (χ4n) is 4.70. The van der Waals surface area contributed by atoms with E-state index in [2.05, 4.69) is 21.1 Å². The highest BCUT2D eigenvalue weighted by Gasteiger charge is 2.48. The molecule has 1 atom stereocenters. The molecule has 1 amide bonds. The summed E-state index contributed by atoms with van der Waals surface area (Å²) in [6, 6.07) is 0. The lowest BCUT2D eigenvalue weighted by atomic mass is 9.71. The van der Waals surface area contributed by atoms with E-state index in [1.165, 1.54) is 18.4 Å². The number of amides is 1. The molecule has 8 nitrogen and oxygen atoms in total. The van der Waals surface area contributed by atoms with Gasteiger partial charge in [-0.25, -0.2) is 4.79 Å². The number of halogens is 3. The summed E-state index contributed by atoms with van der Waals surface area (Å²) in [5.74, 6) is -1.25. The third-order valence-corrected chi connectivity index (χ3v) is 6.89. The number of alkyl halides is 3. The molecule has 0 aromatic carbocycles. The van der Waals surface area contributed by atoms with Crippen LogP contribution in [0.3, 0.4) is 0 Å². The van der Waals surface area contributed by atoms with Crippen molar-refractivity contribution in [3.05, 3.63) is 18.0 Å². The van der Waals surface area contributed by atoms with Crippen LogP contribution < -0.4 is 0 Å². The van der Waals surface area contributed by atoms with Gasteiger partial charge in [-0.3, -0.25) is 14.4 Å². The lowest BCUT2D eigenvalue weighted by molar-refractivity contribution is -0.192. The molecule has 1 aromatic rings. The van der Waals surface area contributed by atoms with Gasteiger partial charge >= 0.3 is 12.1 Å². The second-order valence-corrected chi connectivity index (χ2v) is 9.54. The molecule has 1 N–H and O–H groups in total. The molecule has 2 aliphatic heterocycles. The number of piperidine rings is 1. The normalized spacial score (nSPS) is 22.8. The van der Waals surface area contributed by atoms with Crippen molar-refractivity contribution >= 4 is 11.9 Å². The van der Waals surface area contributed by atoms with E-state index in [-0.39, 0.29) is 11.3 Å². The van der Waals surface area contributed by atoms with Crippen LogP contribution >= 0.6 is 0 Å². The van der Waals surface area contributed by atoms with E-state index >= 15 is 0 Å². The molecule has 1 aromatic heterocycles. The number of aliphatic carboxylic acids is 1.